The van der Waals surface area contributed by atoms with Crippen molar-refractivity contribution < 1.29 is 0 Å². The molecule has 0 aromatic carbocycles. The normalized spacial score (nSPS) is 30.9. The first-order chi connectivity index (χ1) is 8.33. The van der Waals surface area contributed by atoms with Crippen LogP contribution in [0.25, 0.3) is 0 Å². The zero-order valence-corrected chi connectivity index (χ0v) is 10.6. The van der Waals surface area contributed by atoms with E-state index < -0.39 is 0 Å². The van der Waals surface area contributed by atoms with E-state index in [1.165, 1.54) is 44.5 Å². The van der Waals surface area contributed by atoms with Gasteiger partial charge in [0.15, 0.2) is 0 Å². The molecule has 2 aliphatic rings. The van der Waals surface area contributed by atoms with Crippen LogP contribution in [-0.2, 0) is 0 Å². The molecule has 2 fully saturated rings. The largest absolute Gasteiger partial charge is 0.344 e. The predicted octanol–water partition coefficient (Wildman–Crippen LogP) is 1.64. The summed E-state index contributed by atoms with van der Waals surface area (Å²) in [6, 6.07) is 0.455. The van der Waals surface area contributed by atoms with Crippen LogP contribution in [-0.4, -0.2) is 41.5 Å². The number of H-pyrrole nitrogens is 1. The number of likely N-dealkylation sites (tertiary alicyclic amines) is 1. The summed E-state index contributed by atoms with van der Waals surface area (Å²) >= 11 is 0. The van der Waals surface area contributed by atoms with Crippen LogP contribution in [0.15, 0.2) is 6.20 Å². The van der Waals surface area contributed by atoms with E-state index in [0.29, 0.717) is 12.0 Å². The molecule has 0 bridgehead atoms. The van der Waals surface area contributed by atoms with Crippen LogP contribution in [0.3, 0.4) is 0 Å². The minimum absolute atomic E-state index is 0.455. The van der Waals surface area contributed by atoms with Crippen molar-refractivity contribution in [2.24, 2.45) is 0 Å². The first-order valence-corrected chi connectivity index (χ1v) is 6.79. The third-order valence-electron chi connectivity index (χ3n) is 4.09. The van der Waals surface area contributed by atoms with Crippen molar-refractivity contribution in [3.8, 4) is 0 Å². The molecule has 4 heteroatoms. The highest BCUT2D eigenvalue weighted by atomic mass is 15.1. The van der Waals surface area contributed by atoms with Crippen LogP contribution in [0, 0.1) is 0 Å². The number of hydrogen-bond acceptors (Lipinski definition) is 3. The van der Waals surface area contributed by atoms with Gasteiger partial charge in [-0.3, -0.25) is 0 Å². The van der Waals surface area contributed by atoms with Crippen molar-refractivity contribution >= 4 is 0 Å². The van der Waals surface area contributed by atoms with Crippen molar-refractivity contribution in [3.63, 3.8) is 0 Å². The number of imidazole rings is 1. The van der Waals surface area contributed by atoms with Gasteiger partial charge in [0.05, 0.1) is 6.04 Å². The molecule has 0 spiro atoms. The molecule has 17 heavy (non-hydrogen) atoms. The zero-order chi connectivity index (χ0) is 11.7. The number of hydrogen-bond donors (Lipinski definition) is 2. The van der Waals surface area contributed by atoms with Gasteiger partial charge in [-0.15, -0.1) is 0 Å². The number of likely N-dealkylation sites (N-methyl/N-ethyl adjacent to an activating group) is 1. The molecule has 2 saturated heterocycles. The van der Waals surface area contributed by atoms with Crippen LogP contribution < -0.4 is 5.32 Å². The summed E-state index contributed by atoms with van der Waals surface area (Å²) in [5.41, 5.74) is 1.33. The third-order valence-corrected chi connectivity index (χ3v) is 4.09. The molecule has 3 heterocycles. The zero-order valence-electron chi connectivity index (χ0n) is 10.6. The van der Waals surface area contributed by atoms with E-state index in [1.54, 1.807) is 0 Å². The lowest BCUT2D eigenvalue weighted by Crippen LogP contribution is -2.27. The van der Waals surface area contributed by atoms with Crippen LogP contribution in [0.4, 0.5) is 0 Å². The lowest BCUT2D eigenvalue weighted by Gasteiger charge is -2.21. The quantitative estimate of drug-likeness (QED) is 0.817. The molecule has 0 radical (unpaired) electrons. The molecule has 1 aromatic rings. The minimum Gasteiger partial charge on any atom is -0.344 e. The summed E-state index contributed by atoms with van der Waals surface area (Å²) in [5.74, 6) is 1.80. The Hall–Kier alpha value is -0.870. The Morgan fingerprint density at radius 1 is 1.35 bits per heavy atom. The monoisotopic (exact) mass is 234 g/mol. The Morgan fingerprint density at radius 2 is 2.29 bits per heavy atom. The highest BCUT2D eigenvalue weighted by Gasteiger charge is 2.24. The Kier molecular flexibility index (Phi) is 3.16. The average Bonchev–Trinajstić information content (AvgIpc) is 2.98. The van der Waals surface area contributed by atoms with Gasteiger partial charge in [0.25, 0.3) is 0 Å². The second-order valence-electron chi connectivity index (χ2n) is 5.47. The van der Waals surface area contributed by atoms with Crippen molar-refractivity contribution in [3.05, 3.63) is 17.7 Å². The van der Waals surface area contributed by atoms with E-state index in [2.05, 4.69) is 33.4 Å². The smallest absolute Gasteiger partial charge is 0.123 e. The Bertz CT molecular complexity index is 348. The van der Waals surface area contributed by atoms with E-state index in [0.717, 1.165) is 12.4 Å². The second kappa shape index (κ2) is 4.78. The topological polar surface area (TPSA) is 44.0 Å². The van der Waals surface area contributed by atoms with Gasteiger partial charge in [0, 0.05) is 24.4 Å². The summed E-state index contributed by atoms with van der Waals surface area (Å²) in [6.07, 6.45) is 7.15. The summed E-state index contributed by atoms with van der Waals surface area (Å²) in [5, 5.41) is 3.54. The number of nitrogens with zero attached hydrogens (tertiary/aromatic N) is 2. The molecule has 2 atom stereocenters. The predicted molar refractivity (Wildman–Crippen MR) is 68.0 cm³/mol. The van der Waals surface area contributed by atoms with Crippen molar-refractivity contribution in [1.29, 1.82) is 0 Å². The van der Waals surface area contributed by atoms with Crippen LogP contribution in [0.2, 0.25) is 0 Å². The Labute approximate surface area is 103 Å². The number of aromatic nitrogens is 2. The second-order valence-corrected chi connectivity index (χ2v) is 5.47. The molecule has 2 N–H and O–H groups in total. The van der Waals surface area contributed by atoms with Crippen molar-refractivity contribution in [1.82, 2.24) is 20.2 Å². The maximum atomic E-state index is 4.57. The molecule has 2 unspecified atom stereocenters. The van der Waals surface area contributed by atoms with Gasteiger partial charge in [0.2, 0.25) is 0 Å². The first-order valence-electron chi connectivity index (χ1n) is 6.79. The van der Waals surface area contributed by atoms with Crippen LogP contribution in [0.1, 0.15) is 49.2 Å². The number of piperidine rings is 1. The Balaban J connectivity index is 1.69. The minimum atomic E-state index is 0.455. The number of rotatable bonds is 2. The fraction of sp³-hybridized carbons (Fsp3) is 0.769. The SMILES string of the molecule is CN1CCC(c2cnc(C3CCCCN3)[nH]2)C1. The molecule has 94 valence electrons. The molecule has 0 amide bonds. The van der Waals surface area contributed by atoms with Crippen molar-refractivity contribution in [2.45, 2.75) is 37.6 Å². The Morgan fingerprint density at radius 3 is 3.00 bits per heavy atom. The molecule has 0 aliphatic carbocycles. The molecule has 3 rings (SSSR count). The fourth-order valence-electron chi connectivity index (χ4n) is 3.01. The van der Waals surface area contributed by atoms with E-state index in [1.807, 2.05) is 0 Å². The van der Waals surface area contributed by atoms with Gasteiger partial charge in [-0.2, -0.15) is 0 Å². The van der Waals surface area contributed by atoms with Gasteiger partial charge in [0.1, 0.15) is 5.82 Å². The summed E-state index contributed by atoms with van der Waals surface area (Å²) in [4.78, 5) is 10.5. The van der Waals surface area contributed by atoms with Gasteiger partial charge >= 0.3 is 0 Å². The summed E-state index contributed by atoms with van der Waals surface area (Å²) in [6.45, 7) is 3.51. The highest BCUT2D eigenvalue weighted by Crippen LogP contribution is 2.27. The fourth-order valence-corrected chi connectivity index (χ4v) is 3.01. The van der Waals surface area contributed by atoms with Gasteiger partial charge in [-0.25, -0.2) is 4.98 Å². The molecular weight excluding hydrogens is 212 g/mol. The summed E-state index contributed by atoms with van der Waals surface area (Å²) in [7, 11) is 2.19. The van der Waals surface area contributed by atoms with E-state index in [4.69, 9.17) is 0 Å². The maximum absolute atomic E-state index is 4.57. The lowest BCUT2D eigenvalue weighted by molar-refractivity contribution is 0.398. The summed E-state index contributed by atoms with van der Waals surface area (Å²) < 4.78 is 0. The van der Waals surface area contributed by atoms with Crippen LogP contribution in [0.5, 0.6) is 0 Å². The van der Waals surface area contributed by atoms with Gasteiger partial charge in [-0.05, 0) is 39.4 Å². The maximum Gasteiger partial charge on any atom is 0.123 e. The average molecular weight is 234 g/mol. The molecule has 2 aliphatic heterocycles. The van der Waals surface area contributed by atoms with E-state index >= 15 is 0 Å². The van der Waals surface area contributed by atoms with Gasteiger partial charge in [-0.1, -0.05) is 6.42 Å². The van der Waals surface area contributed by atoms with E-state index in [9.17, 15) is 0 Å². The van der Waals surface area contributed by atoms with Crippen molar-refractivity contribution in [2.75, 3.05) is 26.7 Å². The number of aromatic amines is 1. The lowest BCUT2D eigenvalue weighted by atomic mass is 10.0. The molecule has 4 nitrogen and oxygen atoms in total. The van der Waals surface area contributed by atoms with Gasteiger partial charge < -0.3 is 15.2 Å². The molecule has 1 aromatic heterocycles. The first kappa shape index (κ1) is 11.2. The molecule has 0 saturated carbocycles. The number of nitrogens with one attached hydrogen (secondary N) is 2. The molecular formula is C13H22N4. The standard InChI is InChI=1S/C13H22N4/c1-17-7-5-10(9-17)12-8-15-13(16-12)11-4-2-3-6-14-11/h8,10-11,14H,2-7,9H2,1H3,(H,15,16). The van der Waals surface area contributed by atoms with E-state index in [-0.39, 0.29) is 0 Å². The highest BCUT2D eigenvalue weighted by molar-refractivity contribution is 5.12. The third kappa shape index (κ3) is 2.38. The van der Waals surface area contributed by atoms with Crippen LogP contribution >= 0.6 is 0 Å².